The van der Waals surface area contributed by atoms with Gasteiger partial charge in [0.15, 0.2) is 0 Å². The van der Waals surface area contributed by atoms with Gasteiger partial charge in [0.1, 0.15) is 0 Å². The van der Waals surface area contributed by atoms with Crippen molar-refractivity contribution >= 4 is 0 Å². The van der Waals surface area contributed by atoms with Crippen LogP contribution >= 0.6 is 0 Å². The molecule has 2 nitrogen and oxygen atoms in total. The Morgan fingerprint density at radius 3 is 2.29 bits per heavy atom. The van der Waals surface area contributed by atoms with E-state index in [1.807, 2.05) is 0 Å². The van der Waals surface area contributed by atoms with Crippen molar-refractivity contribution in [3.05, 3.63) is 11.6 Å². The average molecular weight is 92.1 g/mol. The molecule has 2 heteroatoms. The van der Waals surface area contributed by atoms with Crippen molar-refractivity contribution in [2.75, 3.05) is 0 Å². The Hall–Kier alpha value is -1.28. The monoisotopic (exact) mass is 92.0 g/mol. The van der Waals surface area contributed by atoms with E-state index in [0.29, 0.717) is 5.57 Å². The van der Waals surface area contributed by atoms with Gasteiger partial charge in [0.05, 0.1) is 12.1 Å². The number of hydrogen-bond acceptors (Lipinski definition) is 2. The first-order chi connectivity index (χ1) is 3.31. The third-order valence-electron chi connectivity index (χ3n) is 0.457. The SMILES string of the molecule is C/C(C#N)=C/C#N. The minimum atomic E-state index is 0.447. The lowest BCUT2D eigenvalue weighted by atomic mass is 10.3. The quantitative estimate of drug-likeness (QED) is 0.418. The summed E-state index contributed by atoms with van der Waals surface area (Å²) in [4.78, 5) is 0. The summed E-state index contributed by atoms with van der Waals surface area (Å²) in [6.07, 6.45) is 1.21. The highest BCUT2D eigenvalue weighted by Gasteiger charge is 1.75. The molecule has 0 aromatic heterocycles. The second-order valence-electron chi connectivity index (χ2n) is 1.07. The van der Waals surface area contributed by atoms with Crippen LogP contribution in [0, 0.1) is 22.7 Å². The predicted molar refractivity (Wildman–Crippen MR) is 25.0 cm³/mol. The standard InChI is InChI=1S/C5H4N2/c1-5(4-7)2-3-6/h2H,1H3/b5-2-. The van der Waals surface area contributed by atoms with E-state index in [2.05, 4.69) is 0 Å². The Morgan fingerprint density at radius 1 is 1.57 bits per heavy atom. The van der Waals surface area contributed by atoms with Gasteiger partial charge >= 0.3 is 0 Å². The Morgan fingerprint density at radius 2 is 2.14 bits per heavy atom. The van der Waals surface area contributed by atoms with Crippen LogP contribution < -0.4 is 0 Å². The molecule has 0 aliphatic rings. The highest BCUT2D eigenvalue weighted by atomic mass is 14.2. The third-order valence-corrected chi connectivity index (χ3v) is 0.457. The molecule has 0 aliphatic carbocycles. The molecule has 0 rings (SSSR count). The molecule has 7 heavy (non-hydrogen) atoms. The van der Waals surface area contributed by atoms with Crippen LogP contribution in [0.3, 0.4) is 0 Å². The number of rotatable bonds is 0. The molecular weight excluding hydrogens is 88.1 g/mol. The van der Waals surface area contributed by atoms with Crippen LogP contribution in [0.5, 0.6) is 0 Å². The molecule has 0 unspecified atom stereocenters. The van der Waals surface area contributed by atoms with Crippen LogP contribution in [-0.4, -0.2) is 0 Å². The summed E-state index contributed by atoms with van der Waals surface area (Å²) < 4.78 is 0. The second-order valence-corrected chi connectivity index (χ2v) is 1.07. The van der Waals surface area contributed by atoms with Gasteiger partial charge < -0.3 is 0 Å². The normalized spacial score (nSPS) is 9.29. The minimum Gasteiger partial charge on any atom is -0.193 e. The van der Waals surface area contributed by atoms with Crippen LogP contribution in [-0.2, 0) is 0 Å². The van der Waals surface area contributed by atoms with Crippen molar-refractivity contribution < 1.29 is 0 Å². The minimum absolute atomic E-state index is 0.447. The van der Waals surface area contributed by atoms with Gasteiger partial charge in [0.2, 0.25) is 0 Å². The lowest BCUT2D eigenvalue weighted by Crippen LogP contribution is -1.61. The summed E-state index contributed by atoms with van der Waals surface area (Å²) in [5.41, 5.74) is 0.447. The molecule has 0 amide bonds. The Balaban J connectivity index is 3.89. The van der Waals surface area contributed by atoms with E-state index in [1.165, 1.54) is 6.08 Å². The molecule has 0 atom stereocenters. The van der Waals surface area contributed by atoms with Crippen LogP contribution in [0.15, 0.2) is 11.6 Å². The Labute approximate surface area is 42.3 Å². The molecule has 0 heterocycles. The summed E-state index contributed by atoms with van der Waals surface area (Å²) in [5.74, 6) is 0. The van der Waals surface area contributed by atoms with Gasteiger partial charge in [0, 0.05) is 11.6 Å². The summed E-state index contributed by atoms with van der Waals surface area (Å²) in [6, 6.07) is 3.54. The largest absolute Gasteiger partial charge is 0.193 e. The van der Waals surface area contributed by atoms with Gasteiger partial charge in [0.25, 0.3) is 0 Å². The van der Waals surface area contributed by atoms with E-state index < -0.39 is 0 Å². The van der Waals surface area contributed by atoms with Crippen molar-refractivity contribution in [3.8, 4) is 12.1 Å². The third kappa shape index (κ3) is 2.52. The fourth-order valence-electron chi connectivity index (χ4n) is 0.129. The van der Waals surface area contributed by atoms with Crippen molar-refractivity contribution in [2.24, 2.45) is 0 Å². The fourth-order valence-corrected chi connectivity index (χ4v) is 0.129. The number of hydrogen-bond donors (Lipinski definition) is 0. The van der Waals surface area contributed by atoms with Crippen molar-refractivity contribution in [1.29, 1.82) is 10.5 Å². The highest BCUT2D eigenvalue weighted by molar-refractivity contribution is 5.23. The highest BCUT2D eigenvalue weighted by Crippen LogP contribution is 1.83. The molecule has 0 saturated heterocycles. The number of nitriles is 2. The predicted octanol–water partition coefficient (Wildman–Crippen LogP) is 0.980. The molecule has 0 fully saturated rings. The first kappa shape index (κ1) is 5.72. The van der Waals surface area contributed by atoms with E-state index in [4.69, 9.17) is 10.5 Å². The van der Waals surface area contributed by atoms with Gasteiger partial charge in [-0.15, -0.1) is 0 Å². The lowest BCUT2D eigenvalue weighted by Gasteiger charge is -1.68. The smallest absolute Gasteiger partial charge is 0.0951 e. The van der Waals surface area contributed by atoms with E-state index in [1.54, 1.807) is 19.1 Å². The van der Waals surface area contributed by atoms with Gasteiger partial charge in [-0.05, 0) is 6.92 Å². The number of nitrogens with zero attached hydrogens (tertiary/aromatic N) is 2. The lowest BCUT2D eigenvalue weighted by molar-refractivity contribution is 1.43. The molecule has 34 valence electrons. The van der Waals surface area contributed by atoms with Gasteiger partial charge in [-0.1, -0.05) is 0 Å². The zero-order valence-electron chi connectivity index (χ0n) is 3.97. The van der Waals surface area contributed by atoms with Crippen molar-refractivity contribution in [2.45, 2.75) is 6.92 Å². The van der Waals surface area contributed by atoms with Crippen LogP contribution in [0.4, 0.5) is 0 Å². The maximum absolute atomic E-state index is 8.00. The zero-order valence-corrected chi connectivity index (χ0v) is 3.97. The molecule has 0 spiro atoms. The maximum Gasteiger partial charge on any atom is 0.0951 e. The summed E-state index contributed by atoms with van der Waals surface area (Å²) in [6.45, 7) is 1.59. The molecular formula is C5H4N2. The topological polar surface area (TPSA) is 47.6 Å². The molecule has 0 saturated carbocycles. The maximum atomic E-state index is 8.00. The first-order valence-electron chi connectivity index (χ1n) is 1.77. The average Bonchev–Trinajstić information content (AvgIpc) is 1.68. The van der Waals surface area contributed by atoms with Gasteiger partial charge in [-0.3, -0.25) is 0 Å². The summed E-state index contributed by atoms with van der Waals surface area (Å²) >= 11 is 0. The van der Waals surface area contributed by atoms with Gasteiger partial charge in [-0.25, -0.2) is 0 Å². The van der Waals surface area contributed by atoms with Crippen LogP contribution in [0.25, 0.3) is 0 Å². The second kappa shape index (κ2) is 2.93. The molecule has 0 bridgehead atoms. The first-order valence-corrected chi connectivity index (χ1v) is 1.77. The van der Waals surface area contributed by atoms with E-state index in [-0.39, 0.29) is 0 Å². The number of allylic oxidation sites excluding steroid dienone is 2. The van der Waals surface area contributed by atoms with Crippen LogP contribution in [0.2, 0.25) is 0 Å². The van der Waals surface area contributed by atoms with E-state index in [9.17, 15) is 0 Å². The van der Waals surface area contributed by atoms with Crippen molar-refractivity contribution in [3.63, 3.8) is 0 Å². The molecule has 0 aromatic carbocycles. The Bertz CT molecular complexity index is 154. The van der Waals surface area contributed by atoms with Gasteiger partial charge in [-0.2, -0.15) is 10.5 Å². The zero-order chi connectivity index (χ0) is 5.70. The van der Waals surface area contributed by atoms with E-state index >= 15 is 0 Å². The fraction of sp³-hybridized carbons (Fsp3) is 0.200. The van der Waals surface area contributed by atoms with Crippen LogP contribution in [0.1, 0.15) is 6.92 Å². The molecule has 0 aromatic rings. The molecule has 0 radical (unpaired) electrons. The summed E-state index contributed by atoms with van der Waals surface area (Å²) in [5, 5.41) is 15.9. The van der Waals surface area contributed by atoms with Crippen molar-refractivity contribution in [1.82, 2.24) is 0 Å². The molecule has 0 aliphatic heterocycles. The summed E-state index contributed by atoms with van der Waals surface area (Å²) in [7, 11) is 0. The molecule has 0 N–H and O–H groups in total. The Kier molecular flexibility index (Phi) is 2.40. The van der Waals surface area contributed by atoms with E-state index in [0.717, 1.165) is 0 Å².